The van der Waals surface area contributed by atoms with Gasteiger partial charge in [-0.3, -0.25) is 4.79 Å². The van der Waals surface area contributed by atoms with Gasteiger partial charge in [0.1, 0.15) is 12.2 Å². The minimum absolute atomic E-state index is 0.123. The molecule has 0 aromatic heterocycles. The third-order valence-electron chi connectivity index (χ3n) is 9.29. The van der Waals surface area contributed by atoms with Gasteiger partial charge in [-0.05, 0) is 42.2 Å². The van der Waals surface area contributed by atoms with Gasteiger partial charge in [-0.1, -0.05) is 77.1 Å². The first-order valence-corrected chi connectivity index (χ1v) is 16.1. The van der Waals surface area contributed by atoms with E-state index < -0.39 is 77.7 Å². The van der Waals surface area contributed by atoms with Gasteiger partial charge < -0.3 is 44.5 Å². The Balaban J connectivity index is 2.02. The molecule has 1 aromatic rings. The number of carboxylic acids is 3. The van der Waals surface area contributed by atoms with E-state index in [1.54, 1.807) is 6.92 Å². The number of fused-ring (bicyclic) bond motifs is 2. The van der Waals surface area contributed by atoms with Crippen LogP contribution in [0.5, 0.6) is 0 Å². The summed E-state index contributed by atoms with van der Waals surface area (Å²) in [7, 11) is 0. The van der Waals surface area contributed by atoms with Crippen LogP contribution in [0, 0.1) is 17.8 Å². The molecule has 0 amide bonds. The molecule has 3 rings (SSSR count). The van der Waals surface area contributed by atoms with Crippen LogP contribution in [0.3, 0.4) is 0 Å². The second-order valence-corrected chi connectivity index (χ2v) is 13.1. The van der Waals surface area contributed by atoms with Crippen LogP contribution in [-0.4, -0.2) is 96.8 Å². The maximum absolute atomic E-state index is 13.0. The molecule has 14 nitrogen and oxygen atoms in total. The molecule has 0 radical (unpaired) electrons. The number of hydrogen-bond donors (Lipinski definition) is 5. The van der Waals surface area contributed by atoms with Crippen molar-refractivity contribution in [3.63, 3.8) is 0 Å². The smallest absolute Gasteiger partial charge is 0.344 e. The highest BCUT2D eigenvalue weighted by atomic mass is 16.8. The summed E-state index contributed by atoms with van der Waals surface area (Å²) in [5.41, 5.74) is -6.27. The van der Waals surface area contributed by atoms with Crippen LogP contribution in [0.15, 0.2) is 54.6 Å². The molecular weight excluding hydrogens is 644 g/mol. The molecule has 0 spiro atoms. The number of aliphatic hydroxyl groups excluding tert-OH is 1. The highest BCUT2D eigenvalue weighted by Crippen LogP contribution is 2.56. The Morgan fingerprint density at radius 2 is 1.67 bits per heavy atom. The van der Waals surface area contributed by atoms with E-state index in [0.717, 1.165) is 18.1 Å². The first-order chi connectivity index (χ1) is 22.9. The maximum atomic E-state index is 13.0. The number of carboxylic acid groups (broad SMARTS) is 3. The number of benzene rings is 1. The Bertz CT molecular complexity index is 1440. The van der Waals surface area contributed by atoms with Gasteiger partial charge >= 0.3 is 29.8 Å². The van der Waals surface area contributed by atoms with Crippen molar-refractivity contribution < 1.29 is 68.5 Å². The van der Waals surface area contributed by atoms with Crippen LogP contribution in [0.2, 0.25) is 0 Å². The van der Waals surface area contributed by atoms with Gasteiger partial charge in [-0.15, -0.1) is 0 Å². The van der Waals surface area contributed by atoms with Gasteiger partial charge in [0, 0.05) is 25.3 Å². The van der Waals surface area contributed by atoms with Gasteiger partial charge in [0.05, 0.1) is 0 Å². The molecule has 2 aliphatic rings. The highest BCUT2D eigenvalue weighted by molar-refractivity contribution is 5.98. The second-order valence-electron chi connectivity index (χ2n) is 13.1. The zero-order chi connectivity index (χ0) is 36.9. The number of ether oxygens (including phenoxy) is 4. The van der Waals surface area contributed by atoms with E-state index in [2.05, 4.69) is 6.58 Å². The van der Waals surface area contributed by atoms with Crippen molar-refractivity contribution in [3.8, 4) is 0 Å². The molecule has 5 N–H and O–H groups in total. The monoisotopic (exact) mass is 690 g/mol. The predicted octanol–water partition coefficient (Wildman–Crippen LogP) is 2.88. The lowest BCUT2D eigenvalue weighted by atomic mass is 9.74. The Hall–Kier alpha value is -4.11. The predicted molar refractivity (Wildman–Crippen MR) is 171 cm³/mol. The molecule has 2 heterocycles. The summed E-state index contributed by atoms with van der Waals surface area (Å²) < 4.78 is 22.0. The largest absolute Gasteiger partial charge is 0.479 e. The van der Waals surface area contributed by atoms with Crippen molar-refractivity contribution in [2.45, 2.75) is 108 Å². The van der Waals surface area contributed by atoms with Gasteiger partial charge in [-0.2, -0.15) is 0 Å². The molecule has 49 heavy (non-hydrogen) atoms. The van der Waals surface area contributed by atoms with Crippen LogP contribution in [0.25, 0.3) is 0 Å². The SMILES string of the molecule is C=C(CC[C@]12O[C@H](C(=O)O)[C@@](O)(C(=O)O)[C@](C(=O)O)(O1)[C@H](OC(=O)C=C[C@@H](C)C[C@@H](C)CC)[C@H]2O)[C@@H](OC(C)=O)[C@H](C)Cc1ccccc1. The van der Waals surface area contributed by atoms with Crippen molar-refractivity contribution in [1.29, 1.82) is 0 Å². The first-order valence-electron chi connectivity index (χ1n) is 16.1. The van der Waals surface area contributed by atoms with Gasteiger partial charge in [0.25, 0.3) is 0 Å². The number of aliphatic carboxylic acids is 3. The van der Waals surface area contributed by atoms with Crippen molar-refractivity contribution in [1.82, 2.24) is 0 Å². The normalized spacial score (nSPS) is 30.1. The molecule has 14 heteroatoms. The minimum atomic E-state index is -3.90. The average Bonchev–Trinajstić information content (AvgIpc) is 3.25. The fourth-order valence-electron chi connectivity index (χ4n) is 6.58. The zero-order valence-corrected chi connectivity index (χ0v) is 28.2. The number of hydrogen-bond acceptors (Lipinski definition) is 11. The van der Waals surface area contributed by atoms with E-state index in [4.69, 9.17) is 18.9 Å². The van der Waals surface area contributed by atoms with E-state index in [1.807, 2.05) is 51.1 Å². The molecular formula is C35H46O14. The van der Waals surface area contributed by atoms with Crippen LogP contribution in [0.4, 0.5) is 0 Å². The number of aliphatic hydroxyl groups is 2. The van der Waals surface area contributed by atoms with Crippen LogP contribution in [-0.2, 0) is 49.3 Å². The van der Waals surface area contributed by atoms with E-state index in [9.17, 15) is 49.5 Å². The van der Waals surface area contributed by atoms with Crippen molar-refractivity contribution >= 4 is 29.8 Å². The van der Waals surface area contributed by atoms with Gasteiger partial charge in [0.2, 0.25) is 23.1 Å². The zero-order valence-electron chi connectivity index (χ0n) is 28.2. The van der Waals surface area contributed by atoms with E-state index >= 15 is 0 Å². The average molecular weight is 691 g/mol. The van der Waals surface area contributed by atoms with E-state index in [-0.39, 0.29) is 23.8 Å². The molecule has 0 saturated carbocycles. The van der Waals surface area contributed by atoms with Gasteiger partial charge in [0.15, 0.2) is 6.10 Å². The third-order valence-corrected chi connectivity index (χ3v) is 9.29. The molecule has 2 fully saturated rings. The van der Waals surface area contributed by atoms with Crippen molar-refractivity contribution in [3.05, 3.63) is 60.2 Å². The van der Waals surface area contributed by atoms with Crippen LogP contribution in [0.1, 0.15) is 65.9 Å². The summed E-state index contributed by atoms with van der Waals surface area (Å²) in [6.07, 6.45) is -4.83. The summed E-state index contributed by atoms with van der Waals surface area (Å²) in [5, 5.41) is 53.5. The molecule has 0 aliphatic carbocycles. The van der Waals surface area contributed by atoms with Crippen LogP contribution >= 0.6 is 0 Å². The summed E-state index contributed by atoms with van der Waals surface area (Å²) in [6.45, 7) is 12.9. The van der Waals surface area contributed by atoms with Gasteiger partial charge in [-0.25, -0.2) is 19.2 Å². The lowest BCUT2D eigenvalue weighted by molar-refractivity contribution is -0.374. The Morgan fingerprint density at radius 3 is 2.20 bits per heavy atom. The Labute approximate surface area is 284 Å². The van der Waals surface area contributed by atoms with E-state index in [1.165, 1.54) is 13.0 Å². The fraction of sp³-hybridized carbons (Fsp3) is 0.571. The Morgan fingerprint density at radius 1 is 1.04 bits per heavy atom. The summed E-state index contributed by atoms with van der Waals surface area (Å²) in [5.74, 6) is -11.3. The number of carbonyl (C=O) groups is 5. The molecule has 10 atom stereocenters. The highest BCUT2D eigenvalue weighted by Gasteiger charge is 2.85. The number of allylic oxidation sites excluding steroid dienone is 1. The molecule has 1 aromatic carbocycles. The molecule has 2 bridgehead atoms. The molecule has 2 saturated heterocycles. The maximum Gasteiger partial charge on any atom is 0.344 e. The summed E-state index contributed by atoms with van der Waals surface area (Å²) >= 11 is 0. The number of esters is 2. The second kappa shape index (κ2) is 15.6. The standard InChI is InChI=1S/C35H46O14/c1-7-19(2)17-20(3)13-14-25(37)47-28-27(38)33(48-29(30(39)40)34(45,31(41)42)35(28,49-33)32(43)44)16-15-21(4)26(46-23(6)36)22(5)18-24-11-9-8-10-12-24/h8-14,19-20,22,26-29,38,45H,4,7,15-18H2,1-3,5-6H3,(H,39,40)(H,41,42)(H,43,44)/t19-,20+,22+,26+,27+,28+,29+,33-,34+,35-/m0/s1. The van der Waals surface area contributed by atoms with E-state index in [0.29, 0.717) is 18.8 Å². The van der Waals surface area contributed by atoms with Crippen molar-refractivity contribution in [2.75, 3.05) is 0 Å². The third kappa shape index (κ3) is 7.88. The van der Waals surface area contributed by atoms with Crippen molar-refractivity contribution in [2.24, 2.45) is 17.8 Å². The summed E-state index contributed by atoms with van der Waals surface area (Å²) in [4.78, 5) is 63.0. The Kier molecular flexibility index (Phi) is 12.5. The number of carbonyl (C=O) groups excluding carboxylic acids is 2. The van der Waals surface area contributed by atoms with Crippen LogP contribution < -0.4 is 0 Å². The minimum Gasteiger partial charge on any atom is -0.479 e. The fourth-order valence-corrected chi connectivity index (χ4v) is 6.58. The lowest BCUT2D eigenvalue weighted by Gasteiger charge is -2.48. The molecule has 270 valence electrons. The lowest BCUT2D eigenvalue weighted by Crippen LogP contribution is -2.78. The quantitative estimate of drug-likeness (QED) is 0.0901. The summed E-state index contributed by atoms with van der Waals surface area (Å²) in [6, 6.07) is 9.29. The molecule has 0 unspecified atom stereocenters. The molecule has 2 aliphatic heterocycles. The first kappa shape index (κ1) is 39.3. The number of rotatable bonds is 17. The topological polar surface area (TPSA) is 223 Å².